The molecule has 2 fully saturated rings. The number of hydrogen-bond acceptors (Lipinski definition) is 15. The molecule has 0 aromatic heterocycles. The number of methoxy groups -OCH3 is 1. The van der Waals surface area contributed by atoms with Crippen molar-refractivity contribution >= 4 is 35.8 Å². The Bertz CT molecular complexity index is 1060. The normalized spacial score (nSPS) is 32.3. The summed E-state index contributed by atoms with van der Waals surface area (Å²) in [5, 5.41) is 9.55. The Morgan fingerprint density at radius 2 is 1.46 bits per heavy atom. The molecule has 0 aromatic rings. The third-order valence-electron chi connectivity index (χ3n) is 6.33. The molecule has 0 bridgehead atoms. The Hall–Kier alpha value is -3.76. The Labute approximate surface area is 234 Å². The minimum Gasteiger partial charge on any atom is -0.481 e. The molecular weight excluding hydrogens is 556 g/mol. The van der Waals surface area contributed by atoms with Crippen LogP contribution in [0.15, 0.2) is 11.8 Å². The minimum absolute atomic E-state index is 0.0585. The summed E-state index contributed by atoms with van der Waals surface area (Å²) in [6.45, 7) is 4.08. The minimum atomic E-state index is -1.60. The standard InChI is InChI=1S/C25H32O16/c1-10(26)34-9-17-20(37-11(2)27)21(38-12(3)28)22(39-13(4)29)25(40-17)41-24-19(16-8-35-16)14(6-18(30)31)15(7-36-24)23(32)33-5/h7,14,16-17,19-22,24-25H,6,8-9H2,1-5H3,(H,30,31)/t14-,16-,17-,19+,20-,21+,22-,24+,25+/m1/s1. The third-order valence-corrected chi connectivity index (χ3v) is 6.33. The quantitative estimate of drug-likeness (QED) is 0.185. The van der Waals surface area contributed by atoms with E-state index in [9.17, 15) is 33.9 Å². The summed E-state index contributed by atoms with van der Waals surface area (Å²) in [4.78, 5) is 71.7. The average Bonchev–Trinajstić information content (AvgIpc) is 3.70. The predicted octanol–water partition coefficient (Wildman–Crippen LogP) is -0.395. The van der Waals surface area contributed by atoms with E-state index < -0.39 is 104 Å². The first-order valence-corrected chi connectivity index (χ1v) is 12.6. The van der Waals surface area contributed by atoms with Crippen LogP contribution in [0.2, 0.25) is 0 Å². The molecule has 0 saturated carbocycles. The van der Waals surface area contributed by atoms with Crippen molar-refractivity contribution in [3.63, 3.8) is 0 Å². The second-order valence-electron chi connectivity index (χ2n) is 9.43. The van der Waals surface area contributed by atoms with Crippen LogP contribution < -0.4 is 0 Å². The molecular formula is C25H32O16. The highest BCUT2D eigenvalue weighted by Crippen LogP contribution is 2.42. The summed E-state index contributed by atoms with van der Waals surface area (Å²) in [7, 11) is 1.13. The molecule has 3 rings (SSSR count). The van der Waals surface area contributed by atoms with E-state index in [0.29, 0.717) is 0 Å². The molecule has 0 radical (unpaired) electrons. The van der Waals surface area contributed by atoms with Gasteiger partial charge < -0.3 is 47.7 Å². The largest absolute Gasteiger partial charge is 0.481 e. The molecule has 0 aromatic carbocycles. The van der Waals surface area contributed by atoms with Crippen molar-refractivity contribution in [1.29, 1.82) is 0 Å². The van der Waals surface area contributed by atoms with E-state index in [1.54, 1.807) is 0 Å². The fraction of sp³-hybridized carbons (Fsp3) is 0.680. The Balaban J connectivity index is 2.02. The van der Waals surface area contributed by atoms with Crippen LogP contribution >= 0.6 is 0 Å². The molecule has 16 heteroatoms. The zero-order chi connectivity index (χ0) is 30.4. The first-order chi connectivity index (χ1) is 19.3. The zero-order valence-electron chi connectivity index (χ0n) is 23.0. The van der Waals surface area contributed by atoms with Crippen LogP contribution in [-0.2, 0) is 71.4 Å². The third kappa shape index (κ3) is 8.37. The molecule has 16 nitrogen and oxygen atoms in total. The number of carbonyl (C=O) groups excluding carboxylic acids is 5. The number of ether oxygens (including phenoxy) is 9. The molecule has 0 amide bonds. The number of carboxylic acid groups (broad SMARTS) is 1. The first-order valence-electron chi connectivity index (χ1n) is 12.6. The van der Waals surface area contributed by atoms with Gasteiger partial charge in [-0.05, 0) is 0 Å². The van der Waals surface area contributed by atoms with Crippen molar-refractivity contribution < 1.29 is 76.5 Å². The molecule has 1 N–H and O–H groups in total. The average molecular weight is 589 g/mol. The van der Waals surface area contributed by atoms with Gasteiger partial charge in [0.1, 0.15) is 12.7 Å². The van der Waals surface area contributed by atoms with E-state index in [2.05, 4.69) is 0 Å². The highest BCUT2D eigenvalue weighted by Gasteiger charge is 2.56. The maximum Gasteiger partial charge on any atom is 0.337 e. The van der Waals surface area contributed by atoms with Crippen molar-refractivity contribution in [2.75, 3.05) is 20.3 Å². The van der Waals surface area contributed by atoms with E-state index >= 15 is 0 Å². The number of carboxylic acids is 1. The number of aliphatic carboxylic acids is 1. The van der Waals surface area contributed by atoms with Crippen molar-refractivity contribution in [2.24, 2.45) is 11.8 Å². The van der Waals surface area contributed by atoms with Crippen LogP contribution in [0.25, 0.3) is 0 Å². The molecule has 0 unspecified atom stereocenters. The molecule has 3 aliphatic heterocycles. The van der Waals surface area contributed by atoms with Crippen LogP contribution in [0.5, 0.6) is 0 Å². The number of carbonyl (C=O) groups is 6. The van der Waals surface area contributed by atoms with Crippen molar-refractivity contribution in [3.8, 4) is 0 Å². The van der Waals surface area contributed by atoms with Gasteiger partial charge in [-0.2, -0.15) is 0 Å². The smallest absolute Gasteiger partial charge is 0.337 e. The van der Waals surface area contributed by atoms with E-state index in [1.807, 2.05) is 0 Å². The maximum atomic E-state index is 12.4. The summed E-state index contributed by atoms with van der Waals surface area (Å²) in [5.41, 5.74) is -0.0585. The van der Waals surface area contributed by atoms with Crippen LogP contribution in [0.4, 0.5) is 0 Å². The van der Waals surface area contributed by atoms with Crippen LogP contribution in [0, 0.1) is 11.8 Å². The van der Waals surface area contributed by atoms with Crippen molar-refractivity contribution in [1.82, 2.24) is 0 Å². The maximum absolute atomic E-state index is 12.4. The number of hydrogen-bond donors (Lipinski definition) is 1. The summed E-state index contributed by atoms with van der Waals surface area (Å²) < 4.78 is 49.0. The fourth-order valence-electron chi connectivity index (χ4n) is 4.73. The topological polar surface area (TPSA) is 209 Å². The van der Waals surface area contributed by atoms with Gasteiger partial charge in [0.05, 0.1) is 44.0 Å². The van der Waals surface area contributed by atoms with Gasteiger partial charge in [0, 0.05) is 33.6 Å². The molecule has 3 heterocycles. The van der Waals surface area contributed by atoms with Crippen LogP contribution in [0.1, 0.15) is 34.1 Å². The van der Waals surface area contributed by atoms with Gasteiger partial charge in [-0.1, -0.05) is 0 Å². The second-order valence-corrected chi connectivity index (χ2v) is 9.43. The summed E-state index contributed by atoms with van der Waals surface area (Å²) in [6.07, 6.45) is -8.72. The summed E-state index contributed by atoms with van der Waals surface area (Å²) >= 11 is 0. The van der Waals surface area contributed by atoms with E-state index in [-0.39, 0.29) is 12.2 Å². The van der Waals surface area contributed by atoms with E-state index in [4.69, 9.17) is 42.6 Å². The molecule has 0 aliphatic carbocycles. The molecule has 41 heavy (non-hydrogen) atoms. The Kier molecular flexibility index (Phi) is 10.6. The van der Waals surface area contributed by atoms with Gasteiger partial charge >= 0.3 is 35.8 Å². The van der Waals surface area contributed by atoms with Gasteiger partial charge in [0.25, 0.3) is 0 Å². The van der Waals surface area contributed by atoms with Gasteiger partial charge in [0.15, 0.2) is 18.3 Å². The Morgan fingerprint density at radius 1 is 0.878 bits per heavy atom. The monoisotopic (exact) mass is 588 g/mol. The lowest BCUT2D eigenvalue weighted by atomic mass is 9.79. The van der Waals surface area contributed by atoms with Gasteiger partial charge in [0.2, 0.25) is 12.6 Å². The van der Waals surface area contributed by atoms with E-state index in [1.165, 1.54) is 0 Å². The molecule has 2 saturated heterocycles. The van der Waals surface area contributed by atoms with Crippen LogP contribution in [-0.4, -0.2) is 104 Å². The molecule has 3 aliphatic rings. The first kappa shape index (κ1) is 31.8. The SMILES string of the molecule is COC(=O)C1=CO[C@@H](O[C@@H]2O[C@H](COC(C)=O)[C@@H](OC(C)=O)[C@H](OC(C)=O)[C@H]2OC(C)=O)[C@H]([C@H]2CO2)[C@@H]1CC(=O)O. The zero-order valence-corrected chi connectivity index (χ0v) is 23.0. The summed E-state index contributed by atoms with van der Waals surface area (Å²) in [6, 6.07) is 0. The number of epoxide rings is 1. The molecule has 0 spiro atoms. The van der Waals surface area contributed by atoms with Crippen LogP contribution in [0.3, 0.4) is 0 Å². The fourth-order valence-corrected chi connectivity index (χ4v) is 4.73. The van der Waals surface area contributed by atoms with Gasteiger partial charge in [-0.15, -0.1) is 0 Å². The van der Waals surface area contributed by atoms with Gasteiger partial charge in [-0.3, -0.25) is 24.0 Å². The lowest BCUT2D eigenvalue weighted by Gasteiger charge is -2.46. The lowest BCUT2D eigenvalue weighted by Crippen LogP contribution is -2.63. The number of esters is 5. The van der Waals surface area contributed by atoms with Crippen molar-refractivity contribution in [3.05, 3.63) is 11.8 Å². The van der Waals surface area contributed by atoms with Gasteiger partial charge in [-0.25, -0.2) is 4.79 Å². The lowest BCUT2D eigenvalue weighted by molar-refractivity contribution is -0.344. The summed E-state index contributed by atoms with van der Waals surface area (Å²) in [5.74, 6) is -7.06. The predicted molar refractivity (Wildman–Crippen MR) is 127 cm³/mol. The Morgan fingerprint density at radius 3 is 1.98 bits per heavy atom. The van der Waals surface area contributed by atoms with Crippen molar-refractivity contribution in [2.45, 2.75) is 77.2 Å². The molecule has 228 valence electrons. The second kappa shape index (κ2) is 13.7. The molecule has 9 atom stereocenters. The number of rotatable bonds is 11. The highest BCUT2D eigenvalue weighted by atomic mass is 16.8. The van der Waals surface area contributed by atoms with E-state index in [0.717, 1.165) is 41.1 Å². The highest BCUT2D eigenvalue weighted by molar-refractivity contribution is 5.89.